The number of aryl methyl sites for hydroxylation is 2. The summed E-state index contributed by atoms with van der Waals surface area (Å²) in [4.78, 5) is 12.6. The van der Waals surface area contributed by atoms with Crippen LogP contribution in [0.4, 0.5) is 0 Å². The van der Waals surface area contributed by atoms with Gasteiger partial charge in [-0.3, -0.25) is 4.79 Å². The molecule has 1 unspecified atom stereocenters. The van der Waals surface area contributed by atoms with Crippen LogP contribution in [0.5, 0.6) is 0 Å². The summed E-state index contributed by atoms with van der Waals surface area (Å²) in [5.41, 5.74) is 3.40. The molecule has 17 heavy (non-hydrogen) atoms. The first-order valence-electron chi connectivity index (χ1n) is 6.53. The van der Waals surface area contributed by atoms with E-state index in [-0.39, 0.29) is 11.3 Å². The average molecular weight is 230 g/mol. The molecule has 1 saturated carbocycles. The van der Waals surface area contributed by atoms with Crippen molar-refractivity contribution < 1.29 is 4.79 Å². The summed E-state index contributed by atoms with van der Waals surface area (Å²) in [5.74, 6) is 0.566. The predicted octanol–water partition coefficient (Wildman–Crippen LogP) is 4.31. The van der Waals surface area contributed by atoms with Crippen LogP contribution in [0.1, 0.15) is 54.6 Å². The van der Waals surface area contributed by atoms with Crippen molar-refractivity contribution in [1.82, 2.24) is 0 Å². The Morgan fingerprint density at radius 1 is 1.29 bits per heavy atom. The molecule has 2 rings (SSSR count). The molecule has 1 heteroatoms. The fraction of sp³-hybridized carbons (Fsp3) is 0.562. The van der Waals surface area contributed by atoms with Gasteiger partial charge in [-0.1, -0.05) is 38.0 Å². The Hall–Kier alpha value is -1.11. The summed E-state index contributed by atoms with van der Waals surface area (Å²) >= 11 is 0. The summed E-state index contributed by atoms with van der Waals surface area (Å²) in [6.07, 6.45) is 3.42. The van der Waals surface area contributed by atoms with Gasteiger partial charge in [0.1, 0.15) is 0 Å². The number of ketones is 1. The maximum absolute atomic E-state index is 12.6. The first kappa shape index (κ1) is 12.3. The first-order valence-corrected chi connectivity index (χ1v) is 6.53. The standard InChI is InChI=1S/C16H22O/c1-11-7-8-12(2)13(10-11)15(17)14-6-5-9-16(14,3)4/h7-8,10,14H,5-6,9H2,1-4H3. The molecule has 1 fully saturated rings. The van der Waals surface area contributed by atoms with E-state index in [9.17, 15) is 4.79 Å². The molecule has 0 aromatic heterocycles. The number of benzene rings is 1. The van der Waals surface area contributed by atoms with E-state index in [4.69, 9.17) is 0 Å². The van der Waals surface area contributed by atoms with Crippen molar-refractivity contribution in [1.29, 1.82) is 0 Å². The number of Topliss-reactive ketones (excluding diaryl/α,β-unsaturated/α-hetero) is 1. The summed E-state index contributed by atoms with van der Waals surface area (Å²) in [7, 11) is 0. The Kier molecular flexibility index (Phi) is 3.11. The lowest BCUT2D eigenvalue weighted by molar-refractivity contribution is 0.0838. The zero-order valence-corrected chi connectivity index (χ0v) is 11.3. The fourth-order valence-corrected chi connectivity index (χ4v) is 3.00. The third-order valence-electron chi connectivity index (χ3n) is 4.23. The maximum Gasteiger partial charge on any atom is 0.166 e. The smallest absolute Gasteiger partial charge is 0.166 e. The summed E-state index contributed by atoms with van der Waals surface area (Å²) in [6.45, 7) is 8.55. The van der Waals surface area contributed by atoms with Gasteiger partial charge >= 0.3 is 0 Å². The Bertz CT molecular complexity index is 443. The number of hydrogen-bond donors (Lipinski definition) is 0. The molecular weight excluding hydrogens is 208 g/mol. The minimum Gasteiger partial charge on any atom is -0.294 e. The molecule has 0 aliphatic heterocycles. The lowest BCUT2D eigenvalue weighted by atomic mass is 9.77. The molecule has 0 bridgehead atoms. The van der Waals surface area contributed by atoms with Crippen LogP contribution in [0.15, 0.2) is 18.2 Å². The second kappa shape index (κ2) is 4.29. The van der Waals surface area contributed by atoms with Crippen LogP contribution in [-0.4, -0.2) is 5.78 Å². The Labute approximate surface area is 104 Å². The van der Waals surface area contributed by atoms with Crippen LogP contribution in [0, 0.1) is 25.2 Å². The van der Waals surface area contributed by atoms with Crippen LogP contribution in [0.25, 0.3) is 0 Å². The SMILES string of the molecule is Cc1ccc(C)c(C(=O)C2CCCC2(C)C)c1. The summed E-state index contributed by atoms with van der Waals surface area (Å²) in [5, 5.41) is 0. The third kappa shape index (κ3) is 2.29. The van der Waals surface area contributed by atoms with Crippen LogP contribution < -0.4 is 0 Å². The number of rotatable bonds is 2. The van der Waals surface area contributed by atoms with E-state index in [2.05, 4.69) is 32.9 Å². The van der Waals surface area contributed by atoms with Crippen molar-refractivity contribution in [3.63, 3.8) is 0 Å². The minimum atomic E-state index is 0.174. The zero-order chi connectivity index (χ0) is 12.6. The van der Waals surface area contributed by atoms with Crippen molar-refractivity contribution >= 4 is 5.78 Å². The molecule has 92 valence electrons. The van der Waals surface area contributed by atoms with Gasteiger partial charge in [0.25, 0.3) is 0 Å². The molecule has 0 spiro atoms. The van der Waals surface area contributed by atoms with Gasteiger partial charge in [-0.15, -0.1) is 0 Å². The van der Waals surface area contributed by atoms with Crippen LogP contribution in [0.3, 0.4) is 0 Å². The molecule has 0 amide bonds. The second-order valence-electron chi connectivity index (χ2n) is 6.12. The molecule has 0 heterocycles. The number of carbonyl (C=O) groups excluding carboxylic acids is 1. The van der Waals surface area contributed by atoms with E-state index in [0.717, 1.165) is 17.5 Å². The van der Waals surface area contributed by atoms with Crippen molar-refractivity contribution in [2.45, 2.75) is 47.0 Å². The molecule has 0 N–H and O–H groups in total. The Balaban J connectivity index is 2.34. The highest BCUT2D eigenvalue weighted by Crippen LogP contribution is 2.44. The van der Waals surface area contributed by atoms with Gasteiger partial charge in [0.2, 0.25) is 0 Å². The molecule has 1 aromatic rings. The molecule has 1 atom stereocenters. The maximum atomic E-state index is 12.6. The Morgan fingerprint density at radius 2 is 2.00 bits per heavy atom. The van der Waals surface area contributed by atoms with Gasteiger partial charge in [0, 0.05) is 11.5 Å². The zero-order valence-electron chi connectivity index (χ0n) is 11.3. The van der Waals surface area contributed by atoms with Gasteiger partial charge < -0.3 is 0 Å². The van der Waals surface area contributed by atoms with Crippen molar-refractivity contribution in [3.8, 4) is 0 Å². The molecular formula is C16H22O. The number of hydrogen-bond acceptors (Lipinski definition) is 1. The van der Waals surface area contributed by atoms with E-state index in [1.54, 1.807) is 0 Å². The fourth-order valence-electron chi connectivity index (χ4n) is 3.00. The van der Waals surface area contributed by atoms with Crippen molar-refractivity contribution in [3.05, 3.63) is 34.9 Å². The second-order valence-corrected chi connectivity index (χ2v) is 6.12. The highest BCUT2D eigenvalue weighted by molar-refractivity contribution is 5.99. The van der Waals surface area contributed by atoms with E-state index in [1.165, 1.54) is 18.4 Å². The van der Waals surface area contributed by atoms with E-state index in [0.29, 0.717) is 5.78 Å². The lowest BCUT2D eigenvalue weighted by Crippen LogP contribution is -2.26. The highest BCUT2D eigenvalue weighted by Gasteiger charge is 2.39. The number of carbonyl (C=O) groups is 1. The van der Waals surface area contributed by atoms with Gasteiger partial charge in [0.15, 0.2) is 5.78 Å². The van der Waals surface area contributed by atoms with E-state index >= 15 is 0 Å². The lowest BCUT2D eigenvalue weighted by Gasteiger charge is -2.26. The van der Waals surface area contributed by atoms with Crippen LogP contribution >= 0.6 is 0 Å². The average Bonchev–Trinajstić information content (AvgIpc) is 2.61. The van der Waals surface area contributed by atoms with Crippen LogP contribution in [0.2, 0.25) is 0 Å². The molecule has 0 saturated heterocycles. The predicted molar refractivity (Wildman–Crippen MR) is 71.4 cm³/mol. The van der Waals surface area contributed by atoms with Crippen LogP contribution in [-0.2, 0) is 0 Å². The van der Waals surface area contributed by atoms with Crippen molar-refractivity contribution in [2.75, 3.05) is 0 Å². The monoisotopic (exact) mass is 230 g/mol. The van der Waals surface area contributed by atoms with Gasteiger partial charge in [-0.2, -0.15) is 0 Å². The van der Waals surface area contributed by atoms with Gasteiger partial charge in [0.05, 0.1) is 0 Å². The van der Waals surface area contributed by atoms with Gasteiger partial charge in [-0.25, -0.2) is 0 Å². The van der Waals surface area contributed by atoms with Gasteiger partial charge in [-0.05, 0) is 43.7 Å². The first-order chi connectivity index (χ1) is 7.92. The molecule has 0 radical (unpaired) electrons. The van der Waals surface area contributed by atoms with E-state index in [1.807, 2.05) is 13.0 Å². The summed E-state index contributed by atoms with van der Waals surface area (Å²) < 4.78 is 0. The van der Waals surface area contributed by atoms with Crippen molar-refractivity contribution in [2.24, 2.45) is 11.3 Å². The quantitative estimate of drug-likeness (QED) is 0.692. The molecule has 1 aliphatic rings. The molecule has 1 nitrogen and oxygen atoms in total. The minimum absolute atomic E-state index is 0.174. The Morgan fingerprint density at radius 3 is 2.59 bits per heavy atom. The molecule has 1 aromatic carbocycles. The summed E-state index contributed by atoms with van der Waals surface area (Å²) in [6, 6.07) is 6.18. The van der Waals surface area contributed by atoms with E-state index < -0.39 is 0 Å². The largest absolute Gasteiger partial charge is 0.294 e. The topological polar surface area (TPSA) is 17.1 Å². The third-order valence-corrected chi connectivity index (χ3v) is 4.23. The molecule has 1 aliphatic carbocycles. The highest BCUT2D eigenvalue weighted by atomic mass is 16.1. The normalized spacial score (nSPS) is 22.7.